The van der Waals surface area contributed by atoms with Crippen molar-refractivity contribution in [2.45, 2.75) is 40.7 Å². The molecule has 26 heavy (non-hydrogen) atoms. The molecule has 0 spiro atoms. The highest BCUT2D eigenvalue weighted by molar-refractivity contribution is 7.13. The maximum absolute atomic E-state index is 12.2. The fraction of sp³-hybridized carbons (Fsp3) is 0.444. The van der Waals surface area contributed by atoms with Crippen LogP contribution in [0.3, 0.4) is 0 Å². The highest BCUT2D eigenvalue weighted by Crippen LogP contribution is 2.23. The van der Waals surface area contributed by atoms with Crippen molar-refractivity contribution in [1.29, 1.82) is 0 Å². The van der Waals surface area contributed by atoms with Gasteiger partial charge in [0.05, 0.1) is 31.5 Å². The Morgan fingerprint density at radius 3 is 2.69 bits per heavy atom. The largest absolute Gasteiger partial charge is 0.496 e. The number of nitrogens with zero attached hydrogens (tertiary/aromatic N) is 2. The van der Waals surface area contributed by atoms with Crippen LogP contribution in [0.5, 0.6) is 5.75 Å². The Kier molecular flexibility index (Phi) is 6.68. The number of pyridine rings is 1. The van der Waals surface area contributed by atoms with Gasteiger partial charge in [-0.3, -0.25) is 14.6 Å². The van der Waals surface area contributed by atoms with E-state index in [9.17, 15) is 9.59 Å². The van der Waals surface area contributed by atoms with Crippen molar-refractivity contribution in [3.8, 4) is 5.75 Å². The van der Waals surface area contributed by atoms with E-state index in [1.165, 1.54) is 11.3 Å². The Bertz CT molecular complexity index is 802. The van der Waals surface area contributed by atoms with Crippen LogP contribution in [0, 0.1) is 19.8 Å². The molecule has 0 aliphatic rings. The monoisotopic (exact) mass is 376 g/mol. The number of amides is 2. The van der Waals surface area contributed by atoms with E-state index in [1.54, 1.807) is 18.7 Å². The minimum Gasteiger partial charge on any atom is -0.496 e. The molecule has 0 radical (unpaired) electrons. The zero-order valence-electron chi connectivity index (χ0n) is 15.7. The van der Waals surface area contributed by atoms with Crippen molar-refractivity contribution in [2.75, 3.05) is 12.4 Å². The van der Waals surface area contributed by atoms with Gasteiger partial charge in [-0.15, -0.1) is 11.3 Å². The van der Waals surface area contributed by atoms with E-state index in [-0.39, 0.29) is 24.2 Å². The first kappa shape index (κ1) is 19.8. The van der Waals surface area contributed by atoms with E-state index < -0.39 is 0 Å². The molecular formula is C18H24N4O3S. The summed E-state index contributed by atoms with van der Waals surface area (Å²) < 4.78 is 5.37. The van der Waals surface area contributed by atoms with Crippen molar-refractivity contribution in [2.24, 2.45) is 5.92 Å². The van der Waals surface area contributed by atoms with Gasteiger partial charge < -0.3 is 15.4 Å². The summed E-state index contributed by atoms with van der Waals surface area (Å²) >= 11 is 1.31. The number of aryl methyl sites for hydroxylation is 1. The van der Waals surface area contributed by atoms with Gasteiger partial charge in [0.25, 0.3) is 0 Å². The number of anilines is 1. The summed E-state index contributed by atoms with van der Waals surface area (Å²) in [5.41, 5.74) is 3.26. The van der Waals surface area contributed by atoms with Crippen LogP contribution in [0.15, 0.2) is 11.6 Å². The molecular weight excluding hydrogens is 352 g/mol. The Balaban J connectivity index is 1.92. The molecule has 0 aliphatic heterocycles. The number of thiazole rings is 1. The third-order valence-corrected chi connectivity index (χ3v) is 4.66. The first-order valence-corrected chi connectivity index (χ1v) is 9.20. The lowest BCUT2D eigenvalue weighted by Gasteiger charge is -2.12. The first-order chi connectivity index (χ1) is 12.3. The van der Waals surface area contributed by atoms with Crippen LogP contribution < -0.4 is 15.4 Å². The molecule has 2 rings (SSSR count). The van der Waals surface area contributed by atoms with E-state index in [1.807, 2.05) is 27.7 Å². The van der Waals surface area contributed by atoms with Crippen LogP contribution in [-0.4, -0.2) is 28.9 Å². The first-order valence-electron chi connectivity index (χ1n) is 8.32. The molecule has 0 aromatic carbocycles. The average Bonchev–Trinajstić information content (AvgIpc) is 3.01. The topological polar surface area (TPSA) is 93.2 Å². The van der Waals surface area contributed by atoms with E-state index in [2.05, 4.69) is 20.6 Å². The molecule has 2 aromatic rings. The fourth-order valence-electron chi connectivity index (χ4n) is 2.35. The van der Waals surface area contributed by atoms with Gasteiger partial charge in [0.2, 0.25) is 11.8 Å². The van der Waals surface area contributed by atoms with Crippen LogP contribution in [0.4, 0.5) is 5.13 Å². The van der Waals surface area contributed by atoms with E-state index in [0.29, 0.717) is 17.4 Å². The number of aromatic nitrogens is 2. The van der Waals surface area contributed by atoms with Gasteiger partial charge >= 0.3 is 0 Å². The summed E-state index contributed by atoms with van der Waals surface area (Å²) in [5, 5.41) is 7.86. The van der Waals surface area contributed by atoms with Crippen molar-refractivity contribution >= 4 is 28.3 Å². The smallest absolute Gasteiger partial charge is 0.228 e. The highest BCUT2D eigenvalue weighted by Gasteiger charge is 2.13. The molecule has 140 valence electrons. The second kappa shape index (κ2) is 8.75. The van der Waals surface area contributed by atoms with Crippen LogP contribution in [-0.2, 0) is 22.6 Å². The van der Waals surface area contributed by atoms with Crippen LogP contribution >= 0.6 is 11.3 Å². The Morgan fingerprint density at radius 2 is 2.04 bits per heavy atom. The van der Waals surface area contributed by atoms with Crippen LogP contribution in [0.1, 0.15) is 36.4 Å². The number of ether oxygens (including phenoxy) is 1. The zero-order valence-corrected chi connectivity index (χ0v) is 16.5. The molecule has 0 saturated carbocycles. The highest BCUT2D eigenvalue weighted by atomic mass is 32.1. The number of carbonyl (C=O) groups is 2. The molecule has 2 N–H and O–H groups in total. The van der Waals surface area contributed by atoms with Crippen LogP contribution in [0.2, 0.25) is 0 Å². The predicted octanol–water partition coefficient (Wildman–Crippen LogP) is 2.62. The summed E-state index contributed by atoms with van der Waals surface area (Å²) in [7, 11) is 1.62. The second-order valence-corrected chi connectivity index (χ2v) is 7.15. The van der Waals surface area contributed by atoms with E-state index in [0.717, 1.165) is 22.6 Å². The molecule has 8 heteroatoms. The van der Waals surface area contributed by atoms with Crippen molar-refractivity contribution in [1.82, 2.24) is 15.3 Å². The van der Waals surface area contributed by atoms with E-state index >= 15 is 0 Å². The maximum atomic E-state index is 12.2. The third-order valence-electron chi connectivity index (χ3n) is 3.85. The number of hydrogen-bond donors (Lipinski definition) is 2. The predicted molar refractivity (Wildman–Crippen MR) is 101 cm³/mol. The number of nitrogens with one attached hydrogen (secondary N) is 2. The van der Waals surface area contributed by atoms with Crippen molar-refractivity contribution < 1.29 is 14.3 Å². The molecule has 2 heterocycles. The molecule has 7 nitrogen and oxygen atoms in total. The molecule has 0 fully saturated rings. The average molecular weight is 376 g/mol. The summed E-state index contributed by atoms with van der Waals surface area (Å²) in [6.45, 7) is 7.80. The number of carbonyl (C=O) groups excluding carboxylic acids is 2. The minimum absolute atomic E-state index is 0.0924. The molecule has 0 unspecified atom stereocenters. The van der Waals surface area contributed by atoms with Crippen molar-refractivity contribution in [3.05, 3.63) is 34.1 Å². The quantitative estimate of drug-likeness (QED) is 0.775. The number of methoxy groups -OCH3 is 1. The molecule has 2 amide bonds. The minimum atomic E-state index is -0.155. The van der Waals surface area contributed by atoms with Gasteiger partial charge in [0, 0.05) is 28.6 Å². The van der Waals surface area contributed by atoms with Crippen LogP contribution in [0.25, 0.3) is 0 Å². The summed E-state index contributed by atoms with van der Waals surface area (Å²) in [5.74, 6) is 0.421. The Hall–Kier alpha value is -2.48. The van der Waals surface area contributed by atoms with Gasteiger partial charge in [-0.2, -0.15) is 0 Å². The van der Waals surface area contributed by atoms with Crippen molar-refractivity contribution in [3.63, 3.8) is 0 Å². The molecule has 0 aliphatic carbocycles. The van der Waals surface area contributed by atoms with Gasteiger partial charge in [0.15, 0.2) is 5.13 Å². The molecule has 2 aromatic heterocycles. The lowest BCUT2D eigenvalue weighted by atomic mass is 10.1. The fourth-order valence-corrected chi connectivity index (χ4v) is 3.07. The lowest BCUT2D eigenvalue weighted by Crippen LogP contribution is -2.25. The summed E-state index contributed by atoms with van der Waals surface area (Å²) in [4.78, 5) is 32.5. The Morgan fingerprint density at radius 1 is 1.31 bits per heavy atom. The second-order valence-electron chi connectivity index (χ2n) is 6.29. The maximum Gasteiger partial charge on any atom is 0.228 e. The summed E-state index contributed by atoms with van der Waals surface area (Å²) in [6.07, 6.45) is 1.88. The Labute approximate surface area is 157 Å². The third kappa shape index (κ3) is 5.01. The standard InChI is InChI=1S/C18H24N4O3S/c1-10(2)17(24)22-18-21-13(9-26-18)6-15(23)20-8-14-12(4)16(25-5)11(3)7-19-14/h7,9-10H,6,8H2,1-5H3,(H,20,23)(H,21,22,24). The van der Waals surface area contributed by atoms with Gasteiger partial charge in [0.1, 0.15) is 5.75 Å². The van der Waals surface area contributed by atoms with Gasteiger partial charge in [-0.25, -0.2) is 4.98 Å². The number of hydrogen-bond acceptors (Lipinski definition) is 6. The molecule has 0 saturated heterocycles. The van der Waals surface area contributed by atoms with E-state index in [4.69, 9.17) is 4.74 Å². The SMILES string of the molecule is COc1c(C)cnc(CNC(=O)Cc2csc(NC(=O)C(C)C)n2)c1C. The lowest BCUT2D eigenvalue weighted by molar-refractivity contribution is -0.120. The molecule has 0 bridgehead atoms. The summed E-state index contributed by atoms with van der Waals surface area (Å²) in [6, 6.07) is 0. The van der Waals surface area contributed by atoms with Gasteiger partial charge in [-0.05, 0) is 13.8 Å². The number of rotatable bonds is 7. The normalized spacial score (nSPS) is 10.7. The van der Waals surface area contributed by atoms with Gasteiger partial charge in [-0.1, -0.05) is 13.8 Å². The zero-order chi connectivity index (χ0) is 19.3. The molecule has 0 atom stereocenters.